The van der Waals surface area contributed by atoms with Crippen LogP contribution in [0.2, 0.25) is 0 Å². The molecule has 22 heavy (non-hydrogen) atoms. The van der Waals surface area contributed by atoms with Gasteiger partial charge in [-0.3, -0.25) is 4.79 Å². The molecule has 0 aromatic heterocycles. The second-order valence-electron chi connectivity index (χ2n) is 6.19. The van der Waals surface area contributed by atoms with Crippen molar-refractivity contribution in [3.05, 3.63) is 35.6 Å². The van der Waals surface area contributed by atoms with Crippen molar-refractivity contribution >= 4 is 18.3 Å². The molecular formula is C17H28ClFN2O. The van der Waals surface area contributed by atoms with Crippen molar-refractivity contribution in [1.29, 1.82) is 0 Å². The summed E-state index contributed by atoms with van der Waals surface area (Å²) in [6.45, 7) is 6.70. The molecule has 1 amide bonds. The number of carbonyl (C=O) groups is 1. The van der Waals surface area contributed by atoms with Crippen LogP contribution in [-0.2, 0) is 11.2 Å². The van der Waals surface area contributed by atoms with Gasteiger partial charge >= 0.3 is 0 Å². The number of nitrogens with two attached hydrogens (primary N) is 1. The van der Waals surface area contributed by atoms with Crippen LogP contribution in [0.25, 0.3) is 0 Å². The highest BCUT2D eigenvalue weighted by molar-refractivity contribution is 5.85. The van der Waals surface area contributed by atoms with Gasteiger partial charge in [0.05, 0.1) is 0 Å². The highest BCUT2D eigenvalue weighted by Gasteiger charge is 2.19. The van der Waals surface area contributed by atoms with E-state index >= 15 is 0 Å². The Bertz CT molecular complexity index is 468. The predicted molar refractivity (Wildman–Crippen MR) is 91.6 cm³/mol. The van der Waals surface area contributed by atoms with Gasteiger partial charge in [0.15, 0.2) is 0 Å². The molecule has 0 aliphatic rings. The van der Waals surface area contributed by atoms with Gasteiger partial charge in [0.25, 0.3) is 0 Å². The Morgan fingerprint density at radius 3 is 2.50 bits per heavy atom. The summed E-state index contributed by atoms with van der Waals surface area (Å²) < 4.78 is 13.2. The molecule has 0 saturated heterocycles. The summed E-state index contributed by atoms with van der Waals surface area (Å²) in [7, 11) is 1.80. The number of hydrogen-bond donors (Lipinski definition) is 1. The molecule has 0 bridgehead atoms. The third-order valence-corrected chi connectivity index (χ3v) is 3.88. The summed E-state index contributed by atoms with van der Waals surface area (Å²) in [4.78, 5) is 14.0. The van der Waals surface area contributed by atoms with Crippen molar-refractivity contribution in [2.75, 3.05) is 13.6 Å². The van der Waals surface area contributed by atoms with E-state index in [2.05, 4.69) is 13.8 Å². The maximum atomic E-state index is 13.2. The fourth-order valence-electron chi connectivity index (χ4n) is 2.27. The quantitative estimate of drug-likeness (QED) is 0.834. The molecule has 1 aromatic rings. The largest absolute Gasteiger partial charge is 0.345 e. The van der Waals surface area contributed by atoms with Crippen molar-refractivity contribution < 1.29 is 9.18 Å². The smallest absolute Gasteiger partial charge is 0.225 e. The maximum Gasteiger partial charge on any atom is 0.225 e. The maximum absolute atomic E-state index is 13.2. The van der Waals surface area contributed by atoms with Gasteiger partial charge in [0.1, 0.15) is 5.82 Å². The summed E-state index contributed by atoms with van der Waals surface area (Å²) in [5.41, 5.74) is 6.85. The minimum absolute atomic E-state index is 0. The van der Waals surface area contributed by atoms with Crippen LogP contribution in [0, 0.1) is 17.7 Å². The molecule has 0 saturated carbocycles. The lowest BCUT2D eigenvalue weighted by atomic mass is 9.99. The summed E-state index contributed by atoms with van der Waals surface area (Å²) >= 11 is 0. The number of halogens is 2. The zero-order valence-electron chi connectivity index (χ0n) is 13.9. The number of hydrogen-bond acceptors (Lipinski definition) is 2. The topological polar surface area (TPSA) is 46.3 Å². The molecule has 0 spiro atoms. The Morgan fingerprint density at radius 1 is 1.32 bits per heavy atom. The lowest BCUT2D eigenvalue weighted by Gasteiger charge is -2.24. The van der Waals surface area contributed by atoms with Gasteiger partial charge in [0, 0.05) is 25.6 Å². The molecule has 0 heterocycles. The third-order valence-electron chi connectivity index (χ3n) is 3.88. The standard InChI is InChI=1S/C17H27FN2O.ClH/c1-12(2)16(19)8-9-20(4)17(21)13(3)10-14-6-5-7-15(18)11-14;/h5-7,11-13,16H,8-10,19H2,1-4H3;1H. The van der Waals surface area contributed by atoms with E-state index in [0.29, 0.717) is 18.9 Å². The van der Waals surface area contributed by atoms with Gasteiger partial charge in [-0.05, 0) is 36.5 Å². The minimum atomic E-state index is -0.261. The molecule has 0 fully saturated rings. The molecule has 1 rings (SSSR count). The van der Waals surface area contributed by atoms with E-state index in [0.717, 1.165) is 12.0 Å². The first kappa shape index (κ1) is 20.9. The summed E-state index contributed by atoms with van der Waals surface area (Å²) in [5, 5.41) is 0. The highest BCUT2D eigenvalue weighted by atomic mass is 35.5. The lowest BCUT2D eigenvalue weighted by molar-refractivity contribution is -0.133. The molecule has 0 radical (unpaired) electrons. The van der Waals surface area contributed by atoms with Crippen molar-refractivity contribution in [2.45, 2.75) is 39.7 Å². The monoisotopic (exact) mass is 330 g/mol. The summed E-state index contributed by atoms with van der Waals surface area (Å²) in [5.74, 6) is 0.0731. The van der Waals surface area contributed by atoms with Crippen molar-refractivity contribution in [2.24, 2.45) is 17.6 Å². The van der Waals surface area contributed by atoms with Crippen molar-refractivity contribution in [1.82, 2.24) is 4.90 Å². The summed E-state index contributed by atoms with van der Waals surface area (Å²) in [6, 6.07) is 6.53. The first-order chi connectivity index (χ1) is 9.81. The molecule has 2 N–H and O–H groups in total. The minimum Gasteiger partial charge on any atom is -0.345 e. The lowest BCUT2D eigenvalue weighted by Crippen LogP contribution is -2.37. The Balaban J connectivity index is 0.00000441. The van der Waals surface area contributed by atoms with E-state index in [-0.39, 0.29) is 36.1 Å². The molecular weight excluding hydrogens is 303 g/mol. The van der Waals surface area contributed by atoms with E-state index in [1.54, 1.807) is 18.0 Å². The van der Waals surface area contributed by atoms with Gasteiger partial charge in [-0.25, -0.2) is 4.39 Å². The van der Waals surface area contributed by atoms with Gasteiger partial charge in [-0.15, -0.1) is 12.4 Å². The fraction of sp³-hybridized carbons (Fsp3) is 0.588. The molecule has 126 valence electrons. The second-order valence-corrected chi connectivity index (χ2v) is 6.19. The van der Waals surface area contributed by atoms with Crippen LogP contribution in [0.5, 0.6) is 0 Å². The zero-order chi connectivity index (χ0) is 16.0. The van der Waals surface area contributed by atoms with E-state index in [1.165, 1.54) is 12.1 Å². The number of nitrogens with zero attached hydrogens (tertiary/aromatic N) is 1. The Labute approximate surface area is 139 Å². The molecule has 3 nitrogen and oxygen atoms in total. The molecule has 2 unspecified atom stereocenters. The number of amides is 1. The molecule has 1 aromatic carbocycles. The highest BCUT2D eigenvalue weighted by Crippen LogP contribution is 2.13. The second kappa shape index (κ2) is 9.80. The molecule has 2 atom stereocenters. The van der Waals surface area contributed by atoms with E-state index in [1.807, 2.05) is 13.0 Å². The molecule has 5 heteroatoms. The predicted octanol–water partition coefficient (Wildman–Crippen LogP) is 3.26. The van der Waals surface area contributed by atoms with E-state index < -0.39 is 0 Å². The number of rotatable bonds is 7. The third kappa shape index (κ3) is 6.75. The van der Waals surface area contributed by atoms with Crippen molar-refractivity contribution in [3.63, 3.8) is 0 Å². The molecule has 0 aliphatic carbocycles. The van der Waals surface area contributed by atoms with Gasteiger partial charge in [0.2, 0.25) is 5.91 Å². The number of carbonyl (C=O) groups excluding carboxylic acids is 1. The van der Waals surface area contributed by atoms with E-state index in [9.17, 15) is 9.18 Å². The van der Waals surface area contributed by atoms with Crippen molar-refractivity contribution in [3.8, 4) is 0 Å². The van der Waals surface area contributed by atoms with Crippen LogP contribution in [-0.4, -0.2) is 30.4 Å². The van der Waals surface area contributed by atoms with Crippen LogP contribution in [0.3, 0.4) is 0 Å². The SMILES string of the molecule is CC(Cc1cccc(F)c1)C(=O)N(C)CCC(N)C(C)C.Cl. The zero-order valence-corrected chi connectivity index (χ0v) is 14.7. The van der Waals surface area contributed by atoms with Gasteiger partial charge < -0.3 is 10.6 Å². The van der Waals surface area contributed by atoms with Crippen LogP contribution in [0.1, 0.15) is 32.8 Å². The van der Waals surface area contributed by atoms with Crippen LogP contribution in [0.4, 0.5) is 4.39 Å². The first-order valence-corrected chi connectivity index (χ1v) is 7.56. The average Bonchev–Trinajstić information content (AvgIpc) is 2.43. The molecule has 0 aliphatic heterocycles. The van der Waals surface area contributed by atoms with Crippen LogP contribution in [0.15, 0.2) is 24.3 Å². The Morgan fingerprint density at radius 2 is 1.95 bits per heavy atom. The Kier molecular flexibility index (Phi) is 9.30. The van der Waals surface area contributed by atoms with Gasteiger partial charge in [-0.1, -0.05) is 32.9 Å². The number of benzene rings is 1. The van der Waals surface area contributed by atoms with Crippen LogP contribution < -0.4 is 5.73 Å². The fourth-order valence-corrected chi connectivity index (χ4v) is 2.27. The average molecular weight is 331 g/mol. The summed E-state index contributed by atoms with van der Waals surface area (Å²) in [6.07, 6.45) is 1.35. The normalized spacial score (nSPS) is 13.4. The Hall–Kier alpha value is -1.13. The van der Waals surface area contributed by atoms with Gasteiger partial charge in [-0.2, -0.15) is 0 Å². The van der Waals surface area contributed by atoms with E-state index in [4.69, 9.17) is 5.73 Å². The first-order valence-electron chi connectivity index (χ1n) is 7.56. The van der Waals surface area contributed by atoms with Crippen LogP contribution >= 0.6 is 12.4 Å².